The molecule has 7 nitrogen and oxygen atoms in total. The largest absolute Gasteiger partial charge is 0.356 e. The van der Waals surface area contributed by atoms with E-state index in [1.165, 1.54) is 17.7 Å². The van der Waals surface area contributed by atoms with Crippen molar-refractivity contribution in [1.29, 1.82) is 0 Å². The average Bonchev–Trinajstić information content (AvgIpc) is 2.79. The van der Waals surface area contributed by atoms with Crippen molar-refractivity contribution in [2.24, 2.45) is 10.9 Å². The third-order valence-corrected chi connectivity index (χ3v) is 5.19. The SMILES string of the molecule is CCC1(C)NC(=O)N(CCCNC(=NC)N2CCC(C)CC2)C1=O. The van der Waals surface area contributed by atoms with Crippen LogP contribution < -0.4 is 10.6 Å². The second kappa shape index (κ2) is 7.85. The molecule has 24 heavy (non-hydrogen) atoms. The number of nitrogens with zero attached hydrogens (tertiary/aromatic N) is 3. The minimum absolute atomic E-state index is 0.121. The van der Waals surface area contributed by atoms with Gasteiger partial charge >= 0.3 is 6.03 Å². The molecule has 0 spiro atoms. The number of urea groups is 1. The van der Waals surface area contributed by atoms with Gasteiger partial charge in [0.05, 0.1) is 0 Å². The molecule has 2 saturated heterocycles. The number of carbonyl (C=O) groups excluding carboxylic acids is 2. The second-order valence-electron chi connectivity index (χ2n) is 7.07. The van der Waals surface area contributed by atoms with Gasteiger partial charge in [-0.15, -0.1) is 0 Å². The monoisotopic (exact) mass is 337 g/mol. The number of carbonyl (C=O) groups is 2. The second-order valence-corrected chi connectivity index (χ2v) is 7.07. The molecule has 7 heteroatoms. The van der Waals surface area contributed by atoms with E-state index >= 15 is 0 Å². The first-order chi connectivity index (χ1) is 11.4. The highest BCUT2D eigenvalue weighted by molar-refractivity contribution is 6.06. The molecule has 0 aliphatic carbocycles. The zero-order chi connectivity index (χ0) is 17.7. The number of piperidine rings is 1. The van der Waals surface area contributed by atoms with Crippen LogP contribution in [0.2, 0.25) is 0 Å². The summed E-state index contributed by atoms with van der Waals surface area (Å²) >= 11 is 0. The van der Waals surface area contributed by atoms with Gasteiger partial charge in [-0.2, -0.15) is 0 Å². The Bertz CT molecular complexity index is 499. The number of nitrogens with one attached hydrogen (secondary N) is 2. The quantitative estimate of drug-likeness (QED) is 0.344. The fraction of sp³-hybridized carbons (Fsp3) is 0.824. The van der Waals surface area contributed by atoms with E-state index in [0.29, 0.717) is 25.9 Å². The lowest BCUT2D eigenvalue weighted by Crippen LogP contribution is -2.46. The minimum Gasteiger partial charge on any atom is -0.356 e. The van der Waals surface area contributed by atoms with Gasteiger partial charge in [-0.1, -0.05) is 13.8 Å². The molecule has 3 amide bonds. The highest BCUT2D eigenvalue weighted by Crippen LogP contribution is 2.20. The highest BCUT2D eigenvalue weighted by Gasteiger charge is 2.45. The van der Waals surface area contributed by atoms with Gasteiger partial charge in [-0.3, -0.25) is 14.7 Å². The Morgan fingerprint density at radius 3 is 2.58 bits per heavy atom. The van der Waals surface area contributed by atoms with E-state index in [-0.39, 0.29) is 11.9 Å². The van der Waals surface area contributed by atoms with Crippen LogP contribution in [0.1, 0.15) is 46.5 Å². The molecule has 1 atom stereocenters. The van der Waals surface area contributed by atoms with Crippen molar-refractivity contribution in [3.8, 4) is 0 Å². The third-order valence-electron chi connectivity index (χ3n) is 5.19. The molecule has 0 aromatic carbocycles. The fourth-order valence-corrected chi connectivity index (χ4v) is 3.18. The van der Waals surface area contributed by atoms with E-state index in [2.05, 4.69) is 27.4 Å². The maximum absolute atomic E-state index is 12.3. The predicted octanol–water partition coefficient (Wildman–Crippen LogP) is 1.40. The molecule has 1 unspecified atom stereocenters. The number of rotatable bonds is 5. The maximum atomic E-state index is 12.3. The van der Waals surface area contributed by atoms with Crippen LogP contribution in [0.4, 0.5) is 4.79 Å². The lowest BCUT2D eigenvalue weighted by atomic mass is 9.99. The lowest BCUT2D eigenvalue weighted by Gasteiger charge is -2.33. The van der Waals surface area contributed by atoms with Gasteiger partial charge in [0.1, 0.15) is 5.54 Å². The molecule has 0 bridgehead atoms. The van der Waals surface area contributed by atoms with E-state index in [1.807, 2.05) is 6.92 Å². The minimum atomic E-state index is -0.745. The van der Waals surface area contributed by atoms with E-state index < -0.39 is 5.54 Å². The van der Waals surface area contributed by atoms with Crippen LogP contribution in [-0.4, -0.2) is 66.5 Å². The molecule has 0 saturated carbocycles. The molecular weight excluding hydrogens is 306 g/mol. The van der Waals surface area contributed by atoms with Crippen LogP contribution in [0.15, 0.2) is 4.99 Å². The van der Waals surface area contributed by atoms with Crippen molar-refractivity contribution in [2.75, 3.05) is 33.2 Å². The molecule has 2 aliphatic rings. The predicted molar refractivity (Wildman–Crippen MR) is 94.9 cm³/mol. The molecule has 2 N–H and O–H groups in total. The zero-order valence-electron chi connectivity index (χ0n) is 15.4. The molecule has 0 aromatic rings. The Kier molecular flexibility index (Phi) is 6.07. The van der Waals surface area contributed by atoms with Crippen LogP contribution in [0.3, 0.4) is 0 Å². The molecule has 0 aromatic heterocycles. The number of aliphatic imine (C=N–C) groups is 1. The first-order valence-electron chi connectivity index (χ1n) is 9.01. The van der Waals surface area contributed by atoms with Crippen molar-refractivity contribution in [3.63, 3.8) is 0 Å². The zero-order valence-corrected chi connectivity index (χ0v) is 15.4. The Morgan fingerprint density at radius 1 is 1.38 bits per heavy atom. The van der Waals surface area contributed by atoms with Gasteiger partial charge < -0.3 is 15.5 Å². The topological polar surface area (TPSA) is 77.0 Å². The van der Waals surface area contributed by atoms with Gasteiger partial charge in [0, 0.05) is 33.2 Å². The molecule has 2 heterocycles. The Morgan fingerprint density at radius 2 is 2.04 bits per heavy atom. The molecule has 136 valence electrons. The van der Waals surface area contributed by atoms with Gasteiger partial charge in [0.25, 0.3) is 5.91 Å². The van der Waals surface area contributed by atoms with Crippen LogP contribution in [-0.2, 0) is 4.79 Å². The number of likely N-dealkylation sites (tertiary alicyclic amines) is 1. The fourth-order valence-electron chi connectivity index (χ4n) is 3.18. The van der Waals surface area contributed by atoms with Crippen LogP contribution in [0.5, 0.6) is 0 Å². The summed E-state index contributed by atoms with van der Waals surface area (Å²) in [6, 6.07) is -0.279. The molecule has 2 aliphatic heterocycles. The van der Waals surface area contributed by atoms with Crippen LogP contribution >= 0.6 is 0 Å². The molecule has 2 fully saturated rings. The normalized spacial score (nSPS) is 26.1. The third kappa shape index (κ3) is 3.99. The summed E-state index contributed by atoms with van der Waals surface area (Å²) in [5.74, 6) is 1.58. The highest BCUT2D eigenvalue weighted by atomic mass is 16.2. The Balaban J connectivity index is 1.76. The summed E-state index contributed by atoms with van der Waals surface area (Å²) in [5.41, 5.74) is -0.745. The first kappa shape index (κ1) is 18.5. The summed E-state index contributed by atoms with van der Waals surface area (Å²) in [6.07, 6.45) is 3.70. The van der Waals surface area contributed by atoms with E-state index in [9.17, 15) is 9.59 Å². The van der Waals surface area contributed by atoms with Crippen molar-refractivity contribution in [1.82, 2.24) is 20.4 Å². The van der Waals surface area contributed by atoms with Crippen LogP contribution in [0.25, 0.3) is 0 Å². The maximum Gasteiger partial charge on any atom is 0.325 e. The molecule has 0 radical (unpaired) electrons. The van der Waals surface area contributed by atoms with Gasteiger partial charge in [0.15, 0.2) is 5.96 Å². The van der Waals surface area contributed by atoms with Crippen molar-refractivity contribution in [2.45, 2.75) is 52.0 Å². The van der Waals surface area contributed by atoms with Gasteiger partial charge in [-0.05, 0) is 38.5 Å². The molecule has 2 rings (SSSR count). The van der Waals surface area contributed by atoms with E-state index in [0.717, 1.165) is 25.0 Å². The first-order valence-corrected chi connectivity index (χ1v) is 9.01. The van der Waals surface area contributed by atoms with E-state index in [4.69, 9.17) is 0 Å². The number of imide groups is 1. The number of guanidine groups is 1. The summed E-state index contributed by atoms with van der Waals surface area (Å²) in [6.45, 7) is 9.17. The van der Waals surface area contributed by atoms with Crippen molar-refractivity contribution in [3.05, 3.63) is 0 Å². The number of hydrogen-bond acceptors (Lipinski definition) is 3. The standard InChI is InChI=1S/C17H31N5O2/c1-5-17(3)14(23)22(16(24)20-17)10-6-9-19-15(18-4)21-11-7-13(2)8-12-21/h13H,5-12H2,1-4H3,(H,18,19)(H,20,24). The number of amides is 3. The van der Waals surface area contributed by atoms with Gasteiger partial charge in [0.2, 0.25) is 0 Å². The summed E-state index contributed by atoms with van der Waals surface area (Å²) in [7, 11) is 1.80. The van der Waals surface area contributed by atoms with Crippen LogP contribution in [0, 0.1) is 5.92 Å². The Hall–Kier alpha value is -1.79. The lowest BCUT2D eigenvalue weighted by molar-refractivity contribution is -0.130. The summed E-state index contributed by atoms with van der Waals surface area (Å²) in [5, 5.41) is 6.13. The van der Waals surface area contributed by atoms with E-state index in [1.54, 1.807) is 14.0 Å². The number of hydrogen-bond donors (Lipinski definition) is 2. The summed E-state index contributed by atoms with van der Waals surface area (Å²) in [4.78, 5) is 32.2. The van der Waals surface area contributed by atoms with Crippen molar-refractivity contribution >= 4 is 17.9 Å². The van der Waals surface area contributed by atoms with Gasteiger partial charge in [-0.25, -0.2) is 4.79 Å². The average molecular weight is 337 g/mol. The molecular formula is C17H31N5O2. The van der Waals surface area contributed by atoms with Crippen molar-refractivity contribution < 1.29 is 9.59 Å². The summed E-state index contributed by atoms with van der Waals surface area (Å²) < 4.78 is 0. The Labute approximate surface area is 144 Å². The smallest absolute Gasteiger partial charge is 0.325 e.